The summed E-state index contributed by atoms with van der Waals surface area (Å²) >= 11 is 1.48. The Kier molecular flexibility index (Phi) is 7.80. The number of aromatic nitrogens is 1. The number of piperidine rings is 1. The van der Waals surface area contributed by atoms with Crippen LogP contribution >= 0.6 is 11.3 Å². The van der Waals surface area contributed by atoms with Crippen molar-refractivity contribution in [1.29, 1.82) is 0 Å². The van der Waals surface area contributed by atoms with Crippen LogP contribution in [0.1, 0.15) is 36.8 Å². The van der Waals surface area contributed by atoms with Gasteiger partial charge >= 0.3 is 0 Å². The number of fused-ring (bicyclic) bond motifs is 2. The number of anilines is 1. The Labute approximate surface area is 222 Å². The van der Waals surface area contributed by atoms with Crippen LogP contribution in [0, 0.1) is 11.8 Å². The van der Waals surface area contributed by atoms with Gasteiger partial charge < -0.3 is 15.3 Å². The molecule has 2 aromatic carbocycles. The Balaban J connectivity index is 1.42. The van der Waals surface area contributed by atoms with E-state index in [-0.39, 0.29) is 23.8 Å². The van der Waals surface area contributed by atoms with Gasteiger partial charge in [0.1, 0.15) is 10.9 Å². The van der Waals surface area contributed by atoms with Crippen LogP contribution in [0.2, 0.25) is 0 Å². The van der Waals surface area contributed by atoms with Crippen molar-refractivity contribution in [3.05, 3.63) is 53.0 Å². The summed E-state index contributed by atoms with van der Waals surface area (Å²) in [7, 11) is -3.99. The molecule has 3 aromatic rings. The SMILES string of the molecule is CC1CNc2c(cccc2S(=O)(=O)N[C@@H](Cc2nc3ccccc3s2)C(=O)N2CCC(CCO)CC2)C1. The molecule has 0 radical (unpaired) electrons. The van der Waals surface area contributed by atoms with Crippen molar-refractivity contribution in [2.75, 3.05) is 31.6 Å². The zero-order valence-corrected chi connectivity index (χ0v) is 22.7. The molecule has 2 atom stereocenters. The lowest BCUT2D eigenvalue weighted by molar-refractivity contribution is -0.134. The van der Waals surface area contributed by atoms with E-state index in [1.807, 2.05) is 30.3 Å². The molecular formula is C27H34N4O4S2. The number of nitrogens with zero attached hydrogens (tertiary/aromatic N) is 2. The van der Waals surface area contributed by atoms with Crippen LogP contribution < -0.4 is 10.0 Å². The Morgan fingerprint density at radius 1 is 1.22 bits per heavy atom. The standard InChI is InChI=1S/C27H34N4O4S2/c1-18-15-20-5-4-8-24(26(20)28-17-18)37(34,35)30-22(16-25-29-21-6-2-3-7-23(21)36-25)27(33)31-12-9-19(10-13-31)11-14-32/h2-8,18-19,22,28,30,32H,9-17H2,1H3/t18?,22-/m0/s1. The zero-order valence-electron chi connectivity index (χ0n) is 21.0. The third kappa shape index (κ3) is 5.82. The topological polar surface area (TPSA) is 112 Å². The van der Waals surface area contributed by atoms with Crippen LogP contribution in [0.3, 0.4) is 0 Å². The number of carbonyl (C=O) groups excluding carboxylic acids is 1. The summed E-state index contributed by atoms with van der Waals surface area (Å²) < 4.78 is 31.2. The first-order chi connectivity index (χ1) is 17.8. The molecule has 3 N–H and O–H groups in total. The highest BCUT2D eigenvalue weighted by Crippen LogP contribution is 2.32. The molecule has 198 valence electrons. The van der Waals surface area contributed by atoms with Crippen LogP contribution in [0.4, 0.5) is 5.69 Å². The minimum absolute atomic E-state index is 0.146. The predicted molar refractivity (Wildman–Crippen MR) is 146 cm³/mol. The second-order valence-electron chi connectivity index (χ2n) is 10.2. The number of aliphatic hydroxyl groups excluding tert-OH is 1. The summed E-state index contributed by atoms with van der Waals surface area (Å²) in [6.45, 7) is 4.10. The van der Waals surface area contributed by atoms with Gasteiger partial charge in [-0.1, -0.05) is 31.2 Å². The first-order valence-corrected chi connectivity index (χ1v) is 15.3. The number of thiazole rings is 1. The van der Waals surface area contributed by atoms with E-state index in [1.54, 1.807) is 17.0 Å². The van der Waals surface area contributed by atoms with Crippen LogP contribution in [-0.2, 0) is 27.7 Å². The fourth-order valence-corrected chi connectivity index (χ4v) is 7.78. The normalized spacial score (nSPS) is 19.4. The molecule has 8 nitrogen and oxygen atoms in total. The van der Waals surface area contributed by atoms with E-state index in [0.29, 0.717) is 37.2 Å². The van der Waals surface area contributed by atoms with Crippen molar-refractivity contribution in [2.24, 2.45) is 11.8 Å². The molecule has 2 aliphatic rings. The molecule has 1 unspecified atom stereocenters. The molecule has 0 bridgehead atoms. The average molecular weight is 543 g/mol. The third-order valence-corrected chi connectivity index (χ3v) is 9.95. The Morgan fingerprint density at radius 2 is 2.00 bits per heavy atom. The maximum Gasteiger partial charge on any atom is 0.243 e. The van der Waals surface area contributed by atoms with E-state index in [2.05, 4.69) is 21.9 Å². The van der Waals surface area contributed by atoms with Gasteiger partial charge in [0.25, 0.3) is 0 Å². The van der Waals surface area contributed by atoms with Crippen LogP contribution in [0.5, 0.6) is 0 Å². The van der Waals surface area contributed by atoms with E-state index in [0.717, 1.165) is 46.5 Å². The van der Waals surface area contributed by atoms with Crippen molar-refractivity contribution >= 4 is 43.2 Å². The summed E-state index contributed by atoms with van der Waals surface area (Å²) in [5.74, 6) is 0.579. The average Bonchev–Trinajstić information content (AvgIpc) is 3.30. The number of benzene rings is 2. The van der Waals surface area contributed by atoms with Gasteiger partial charge in [-0.2, -0.15) is 4.72 Å². The van der Waals surface area contributed by atoms with Gasteiger partial charge in [0.05, 0.1) is 20.9 Å². The van der Waals surface area contributed by atoms with Crippen molar-refractivity contribution in [3.63, 3.8) is 0 Å². The summed E-state index contributed by atoms with van der Waals surface area (Å²) in [6, 6.07) is 12.1. The number of nitrogens with one attached hydrogen (secondary N) is 2. The molecule has 1 aromatic heterocycles. The van der Waals surface area contributed by atoms with Crippen molar-refractivity contribution in [1.82, 2.24) is 14.6 Å². The number of para-hydroxylation sites is 2. The quantitative estimate of drug-likeness (QED) is 0.402. The molecule has 5 rings (SSSR count). The van der Waals surface area contributed by atoms with Gasteiger partial charge in [-0.15, -0.1) is 11.3 Å². The van der Waals surface area contributed by atoms with Gasteiger partial charge in [-0.05, 0) is 61.3 Å². The molecule has 10 heteroatoms. The Bertz CT molecular complexity index is 1330. The van der Waals surface area contributed by atoms with E-state index >= 15 is 0 Å². The number of hydrogen-bond acceptors (Lipinski definition) is 7. The van der Waals surface area contributed by atoms with E-state index in [4.69, 9.17) is 0 Å². The highest BCUT2D eigenvalue weighted by Gasteiger charge is 2.34. The molecule has 0 saturated carbocycles. The number of likely N-dealkylation sites (tertiary alicyclic amines) is 1. The van der Waals surface area contributed by atoms with E-state index in [9.17, 15) is 18.3 Å². The van der Waals surface area contributed by atoms with Gasteiger partial charge in [0.15, 0.2) is 0 Å². The van der Waals surface area contributed by atoms with Gasteiger partial charge in [0.2, 0.25) is 15.9 Å². The first kappa shape index (κ1) is 26.1. The molecule has 2 aliphatic heterocycles. The monoisotopic (exact) mass is 542 g/mol. The first-order valence-electron chi connectivity index (χ1n) is 13.0. The minimum atomic E-state index is -3.99. The number of aliphatic hydroxyl groups is 1. The zero-order chi connectivity index (χ0) is 26.0. The predicted octanol–water partition coefficient (Wildman–Crippen LogP) is 3.41. The second kappa shape index (κ2) is 11.1. The maximum absolute atomic E-state index is 13.7. The summed E-state index contributed by atoms with van der Waals surface area (Å²) in [4.78, 5) is 20.3. The lowest BCUT2D eigenvalue weighted by atomic mass is 9.93. The largest absolute Gasteiger partial charge is 0.396 e. The highest BCUT2D eigenvalue weighted by atomic mass is 32.2. The molecule has 1 amide bonds. The summed E-state index contributed by atoms with van der Waals surface area (Å²) in [6.07, 6.45) is 3.34. The minimum Gasteiger partial charge on any atom is -0.396 e. The van der Waals surface area contributed by atoms with Crippen LogP contribution in [0.15, 0.2) is 47.4 Å². The van der Waals surface area contributed by atoms with Crippen LogP contribution in [-0.4, -0.2) is 61.6 Å². The van der Waals surface area contributed by atoms with Gasteiger partial charge in [-0.25, -0.2) is 13.4 Å². The van der Waals surface area contributed by atoms with Gasteiger partial charge in [-0.3, -0.25) is 4.79 Å². The van der Waals surface area contributed by atoms with E-state index < -0.39 is 16.1 Å². The maximum atomic E-state index is 13.7. The molecular weight excluding hydrogens is 508 g/mol. The Morgan fingerprint density at radius 3 is 2.76 bits per heavy atom. The molecule has 0 aliphatic carbocycles. The molecule has 3 heterocycles. The lowest BCUT2D eigenvalue weighted by Crippen LogP contribution is -2.51. The molecule has 1 fully saturated rings. The summed E-state index contributed by atoms with van der Waals surface area (Å²) in [5, 5.41) is 13.3. The number of sulfonamides is 1. The molecule has 0 spiro atoms. The van der Waals surface area contributed by atoms with Crippen LogP contribution in [0.25, 0.3) is 10.2 Å². The molecule has 1 saturated heterocycles. The van der Waals surface area contributed by atoms with Crippen molar-refractivity contribution < 1.29 is 18.3 Å². The van der Waals surface area contributed by atoms with E-state index in [1.165, 1.54) is 11.3 Å². The highest BCUT2D eigenvalue weighted by molar-refractivity contribution is 7.89. The smallest absolute Gasteiger partial charge is 0.243 e. The lowest BCUT2D eigenvalue weighted by Gasteiger charge is -2.34. The molecule has 37 heavy (non-hydrogen) atoms. The number of amides is 1. The van der Waals surface area contributed by atoms with Crippen molar-refractivity contribution in [3.8, 4) is 0 Å². The summed E-state index contributed by atoms with van der Waals surface area (Å²) in [5.41, 5.74) is 2.45. The van der Waals surface area contributed by atoms with Gasteiger partial charge in [0, 0.05) is 32.7 Å². The Hall–Kier alpha value is -2.53. The number of rotatable bonds is 8. The third-order valence-electron chi connectivity index (χ3n) is 7.37. The number of hydrogen-bond donors (Lipinski definition) is 3. The number of carbonyl (C=O) groups is 1. The second-order valence-corrected chi connectivity index (χ2v) is 13.0. The fourth-order valence-electron chi connectivity index (χ4n) is 5.35. The van der Waals surface area contributed by atoms with Crippen molar-refractivity contribution in [2.45, 2.75) is 50.0 Å². The fraction of sp³-hybridized carbons (Fsp3) is 0.481.